The molecule has 5 heteroatoms. The summed E-state index contributed by atoms with van der Waals surface area (Å²) in [6.07, 6.45) is 2.79. The summed E-state index contributed by atoms with van der Waals surface area (Å²) in [6, 6.07) is 0. The summed E-state index contributed by atoms with van der Waals surface area (Å²) in [6.45, 7) is 4.05. The molecule has 4 nitrogen and oxygen atoms in total. The van der Waals surface area contributed by atoms with Crippen LogP contribution in [0.5, 0.6) is 0 Å². The molecular formula is C7H16O4P+. The highest BCUT2D eigenvalue weighted by Gasteiger charge is 2.21. The van der Waals surface area contributed by atoms with E-state index in [2.05, 4.69) is 16.1 Å². The Hall–Kier alpha value is -0.0200. The zero-order valence-corrected chi connectivity index (χ0v) is 8.67. The largest absolute Gasteiger partial charge is 0.728 e. The van der Waals surface area contributed by atoms with Crippen molar-refractivity contribution in [1.82, 2.24) is 0 Å². The fourth-order valence-electron chi connectivity index (χ4n) is 0.769. The Kier molecular flexibility index (Phi) is 7.61. The summed E-state index contributed by atoms with van der Waals surface area (Å²) in [4.78, 5) is 4.88. The molecule has 0 saturated heterocycles. The van der Waals surface area contributed by atoms with Crippen molar-refractivity contribution in [3.8, 4) is 0 Å². The molecular weight excluding hydrogens is 179 g/mol. The van der Waals surface area contributed by atoms with Gasteiger partial charge in [-0.2, -0.15) is 4.89 Å². The summed E-state index contributed by atoms with van der Waals surface area (Å²) >= 11 is 0. The van der Waals surface area contributed by atoms with Gasteiger partial charge in [0.2, 0.25) is 0 Å². The Labute approximate surface area is 74.1 Å². The van der Waals surface area contributed by atoms with E-state index in [0.717, 1.165) is 19.3 Å². The second-order valence-electron chi connectivity index (χ2n) is 2.40. The first-order chi connectivity index (χ1) is 5.74. The van der Waals surface area contributed by atoms with Gasteiger partial charge in [-0.25, -0.2) is 0 Å². The van der Waals surface area contributed by atoms with E-state index < -0.39 is 8.25 Å². The normalized spacial score (nSPS) is 14.4. The van der Waals surface area contributed by atoms with E-state index in [4.69, 9.17) is 4.89 Å². The van der Waals surface area contributed by atoms with Crippen molar-refractivity contribution in [3.05, 3.63) is 0 Å². The average Bonchev–Trinajstić information content (AvgIpc) is 2.11. The molecule has 0 saturated carbocycles. The van der Waals surface area contributed by atoms with Crippen LogP contribution < -0.4 is 0 Å². The number of hydrogen-bond acceptors (Lipinski definition) is 4. The molecule has 0 rings (SSSR count). The predicted molar refractivity (Wildman–Crippen MR) is 45.8 cm³/mol. The summed E-state index contributed by atoms with van der Waals surface area (Å²) in [7, 11) is -0.791. The minimum Gasteiger partial charge on any atom is -0.184 e. The molecule has 0 aromatic heterocycles. The average molecular weight is 195 g/mol. The van der Waals surface area contributed by atoms with Gasteiger partial charge < -0.3 is 0 Å². The molecule has 0 heterocycles. The van der Waals surface area contributed by atoms with Crippen molar-refractivity contribution in [3.63, 3.8) is 0 Å². The van der Waals surface area contributed by atoms with Crippen LogP contribution in [0.1, 0.15) is 33.1 Å². The first-order valence-corrected chi connectivity index (χ1v) is 5.18. The van der Waals surface area contributed by atoms with Gasteiger partial charge in [0.05, 0.1) is 17.9 Å². The number of hydrogen-bond donors (Lipinski definition) is 0. The van der Waals surface area contributed by atoms with Gasteiger partial charge in [0, 0.05) is 4.57 Å². The molecule has 12 heavy (non-hydrogen) atoms. The zero-order chi connectivity index (χ0) is 9.40. The molecule has 72 valence electrons. The van der Waals surface area contributed by atoms with Crippen LogP contribution in [0, 0.1) is 0 Å². The lowest BCUT2D eigenvalue weighted by Crippen LogP contribution is -2.09. The van der Waals surface area contributed by atoms with E-state index in [9.17, 15) is 4.57 Å². The van der Waals surface area contributed by atoms with E-state index >= 15 is 0 Å². The molecule has 2 unspecified atom stereocenters. The smallest absolute Gasteiger partial charge is 0.184 e. The molecule has 0 aliphatic heterocycles. The highest BCUT2D eigenvalue weighted by atomic mass is 31.1. The molecule has 0 spiro atoms. The molecule has 2 atom stereocenters. The first kappa shape index (κ1) is 12.0. The second kappa shape index (κ2) is 7.62. The predicted octanol–water partition coefficient (Wildman–Crippen LogP) is 2.82. The quantitative estimate of drug-likeness (QED) is 0.356. The van der Waals surface area contributed by atoms with E-state index in [1.165, 1.54) is 7.11 Å². The fourth-order valence-corrected chi connectivity index (χ4v) is 1.02. The van der Waals surface area contributed by atoms with E-state index in [-0.39, 0.29) is 6.10 Å². The molecule has 0 aromatic carbocycles. The van der Waals surface area contributed by atoms with Crippen LogP contribution >= 0.6 is 8.25 Å². The minimum atomic E-state index is -2.10. The Morgan fingerprint density at radius 2 is 2.08 bits per heavy atom. The highest BCUT2D eigenvalue weighted by molar-refractivity contribution is 7.33. The van der Waals surface area contributed by atoms with Crippen molar-refractivity contribution in [2.75, 3.05) is 7.11 Å². The molecule has 0 N–H and O–H groups in total. The SMILES string of the molecule is CCCC(CC)OO[P+](=O)OC. The Morgan fingerprint density at radius 3 is 2.50 bits per heavy atom. The maximum absolute atomic E-state index is 10.6. The van der Waals surface area contributed by atoms with Crippen LogP contribution in [-0.2, 0) is 18.7 Å². The monoisotopic (exact) mass is 195 g/mol. The molecule has 0 fully saturated rings. The van der Waals surface area contributed by atoms with Crippen LogP contribution in [0.4, 0.5) is 0 Å². The van der Waals surface area contributed by atoms with Crippen molar-refractivity contribution in [2.24, 2.45) is 0 Å². The first-order valence-electron chi connectivity index (χ1n) is 4.09. The third-order valence-electron chi connectivity index (χ3n) is 1.46. The van der Waals surface area contributed by atoms with Crippen LogP contribution in [-0.4, -0.2) is 13.2 Å². The molecule has 0 bridgehead atoms. The Morgan fingerprint density at radius 1 is 1.42 bits per heavy atom. The Bertz CT molecular complexity index is 129. The summed E-state index contributed by atoms with van der Waals surface area (Å²) in [5.41, 5.74) is 0. The van der Waals surface area contributed by atoms with Crippen LogP contribution in [0.25, 0.3) is 0 Å². The maximum Gasteiger partial charge on any atom is 0.728 e. The second-order valence-corrected chi connectivity index (χ2v) is 3.36. The number of rotatable bonds is 7. The summed E-state index contributed by atoms with van der Waals surface area (Å²) < 4.78 is 19.5. The zero-order valence-electron chi connectivity index (χ0n) is 7.78. The van der Waals surface area contributed by atoms with Crippen LogP contribution in [0.2, 0.25) is 0 Å². The van der Waals surface area contributed by atoms with Gasteiger partial charge in [0.25, 0.3) is 0 Å². The van der Waals surface area contributed by atoms with E-state index in [0.29, 0.717) is 0 Å². The lowest BCUT2D eigenvalue weighted by Gasteiger charge is -2.07. The lowest BCUT2D eigenvalue weighted by molar-refractivity contribution is -0.248. The van der Waals surface area contributed by atoms with Gasteiger partial charge in [0.1, 0.15) is 0 Å². The lowest BCUT2D eigenvalue weighted by atomic mass is 10.2. The highest BCUT2D eigenvalue weighted by Crippen LogP contribution is 2.24. The van der Waals surface area contributed by atoms with Gasteiger partial charge in [-0.3, -0.25) is 0 Å². The molecule has 0 aliphatic rings. The fraction of sp³-hybridized carbons (Fsp3) is 1.00. The third kappa shape index (κ3) is 5.61. The van der Waals surface area contributed by atoms with Gasteiger partial charge in [-0.05, 0) is 12.8 Å². The van der Waals surface area contributed by atoms with Crippen molar-refractivity contribution >= 4 is 8.25 Å². The van der Waals surface area contributed by atoms with Gasteiger partial charge in [-0.1, -0.05) is 20.3 Å². The topological polar surface area (TPSA) is 44.8 Å². The molecule has 0 radical (unpaired) electrons. The van der Waals surface area contributed by atoms with Crippen molar-refractivity contribution in [1.29, 1.82) is 0 Å². The maximum atomic E-state index is 10.6. The van der Waals surface area contributed by atoms with Crippen molar-refractivity contribution < 1.29 is 18.7 Å². The van der Waals surface area contributed by atoms with E-state index in [1.54, 1.807) is 0 Å². The van der Waals surface area contributed by atoms with Gasteiger partial charge in [0.15, 0.2) is 0 Å². The standard InChI is InChI=1S/C7H16O4P/c1-4-6-7(5-2)10-11-12(8)9-3/h7H,4-6H2,1-3H3/q+1. The van der Waals surface area contributed by atoms with E-state index in [1.807, 2.05) is 6.92 Å². The summed E-state index contributed by atoms with van der Waals surface area (Å²) in [5.74, 6) is 0. The molecule has 0 amide bonds. The minimum absolute atomic E-state index is 0.0177. The Balaban J connectivity index is 3.50. The van der Waals surface area contributed by atoms with Gasteiger partial charge in [-0.15, -0.1) is 4.52 Å². The molecule has 0 aliphatic carbocycles. The third-order valence-corrected chi connectivity index (χ3v) is 1.96. The van der Waals surface area contributed by atoms with Gasteiger partial charge >= 0.3 is 8.25 Å². The molecule has 0 aromatic rings. The van der Waals surface area contributed by atoms with Crippen LogP contribution in [0.3, 0.4) is 0 Å². The van der Waals surface area contributed by atoms with Crippen molar-refractivity contribution in [2.45, 2.75) is 39.2 Å². The van der Waals surface area contributed by atoms with Crippen LogP contribution in [0.15, 0.2) is 0 Å². The summed E-state index contributed by atoms with van der Waals surface area (Å²) in [5, 5.41) is 0.